The highest BCUT2D eigenvalue weighted by Gasteiger charge is 2.60. The molecule has 3 heterocycles. The lowest BCUT2D eigenvalue weighted by atomic mass is 9.84. The van der Waals surface area contributed by atoms with E-state index in [1.165, 1.54) is 30.1 Å². The van der Waals surface area contributed by atoms with Crippen LogP contribution in [0.2, 0.25) is 5.02 Å². The molecule has 0 saturated heterocycles. The Morgan fingerprint density at radius 2 is 1.79 bits per heavy atom. The summed E-state index contributed by atoms with van der Waals surface area (Å²) in [5.41, 5.74) is 5.18. The van der Waals surface area contributed by atoms with Gasteiger partial charge in [-0.25, -0.2) is 26.0 Å². The second kappa shape index (κ2) is 12.4. The summed E-state index contributed by atoms with van der Waals surface area (Å²) in [6.45, 7) is -0.935. The number of halogens is 7. The molecule has 0 bridgehead atoms. The molecule has 1 amide bonds. The van der Waals surface area contributed by atoms with Crippen molar-refractivity contribution in [3.8, 4) is 23.0 Å². The fraction of sp³-hybridized carbons (Fsp3) is 0.273. The molecular formula is C33H25ClF6N8O3S. The van der Waals surface area contributed by atoms with E-state index >= 15 is 8.78 Å². The zero-order chi connectivity index (χ0) is 37.4. The smallest absolute Gasteiger partial charge is 0.304 e. The number of alkyl halides is 4. The van der Waals surface area contributed by atoms with Crippen molar-refractivity contribution in [2.45, 2.75) is 37.3 Å². The molecule has 52 heavy (non-hydrogen) atoms. The summed E-state index contributed by atoms with van der Waals surface area (Å²) in [5, 5.41) is 10.9. The molecule has 3 atom stereocenters. The molecule has 2 aromatic carbocycles. The van der Waals surface area contributed by atoms with Gasteiger partial charge in [0.05, 0.1) is 51.7 Å². The van der Waals surface area contributed by atoms with Gasteiger partial charge in [0.15, 0.2) is 5.82 Å². The number of benzene rings is 2. The zero-order valence-corrected chi connectivity index (χ0v) is 28.4. The van der Waals surface area contributed by atoms with E-state index in [1.54, 1.807) is 6.07 Å². The first-order chi connectivity index (χ1) is 24.4. The lowest BCUT2D eigenvalue weighted by Crippen LogP contribution is -2.35. The van der Waals surface area contributed by atoms with Crippen LogP contribution in [-0.2, 0) is 40.8 Å². The van der Waals surface area contributed by atoms with Crippen LogP contribution < -0.4 is 15.8 Å². The molecule has 0 aliphatic heterocycles. The second-order valence-corrected chi connectivity index (χ2v) is 14.6. The Hall–Kier alpha value is -5.28. The van der Waals surface area contributed by atoms with E-state index in [0.717, 1.165) is 18.4 Å². The summed E-state index contributed by atoms with van der Waals surface area (Å²) in [6.07, 6.45) is -1.34. The van der Waals surface area contributed by atoms with Gasteiger partial charge in [0.2, 0.25) is 15.9 Å². The van der Waals surface area contributed by atoms with E-state index in [4.69, 9.17) is 17.3 Å². The van der Waals surface area contributed by atoms with E-state index in [9.17, 15) is 30.8 Å². The Balaban J connectivity index is 1.33. The van der Waals surface area contributed by atoms with Gasteiger partial charge in [0, 0.05) is 29.8 Å². The van der Waals surface area contributed by atoms with Gasteiger partial charge < -0.3 is 11.1 Å². The Morgan fingerprint density at radius 3 is 2.42 bits per heavy atom. The van der Waals surface area contributed by atoms with Crippen LogP contribution in [0.3, 0.4) is 0 Å². The molecule has 2 aliphatic carbocycles. The average Bonchev–Trinajstić information content (AvgIpc) is 3.57. The van der Waals surface area contributed by atoms with Gasteiger partial charge >= 0.3 is 5.92 Å². The van der Waals surface area contributed by atoms with Crippen molar-refractivity contribution in [3.63, 3.8) is 0 Å². The molecule has 19 heteroatoms. The number of pyridine rings is 1. The minimum Gasteiger partial charge on any atom is -0.397 e. The van der Waals surface area contributed by atoms with E-state index in [1.807, 2.05) is 0 Å². The van der Waals surface area contributed by atoms with Crippen molar-refractivity contribution in [2.75, 3.05) is 16.7 Å². The highest BCUT2D eigenvalue weighted by Crippen LogP contribution is 2.57. The number of hydrogen-bond donors (Lipinski definition) is 3. The van der Waals surface area contributed by atoms with Crippen LogP contribution in [0.4, 0.5) is 37.8 Å². The molecule has 0 unspecified atom stereocenters. The minimum absolute atomic E-state index is 0.0639. The largest absolute Gasteiger partial charge is 0.397 e. The SMILES string of the molecule is Cn1nc(NS(C)(=O)=O)c2c(Cl)ccc(-c3cc(N)cnc3[C@H](Cc3cc(F)cc(F)c3)NC(=O)Cn3nc(C(F)F)c4c3C(F)(F)[C@@H]3C#C[C@H]43)c21. The van der Waals surface area contributed by atoms with Gasteiger partial charge in [0.25, 0.3) is 6.43 Å². The third-order valence-electron chi connectivity index (χ3n) is 8.74. The topological polar surface area (TPSA) is 150 Å². The molecule has 2 aliphatic rings. The normalized spacial score (nSPS) is 17.7. The second-order valence-electron chi connectivity index (χ2n) is 12.4. The maximum absolute atomic E-state index is 15.4. The first-order valence-corrected chi connectivity index (χ1v) is 17.6. The lowest BCUT2D eigenvalue weighted by Gasteiger charge is -2.24. The van der Waals surface area contributed by atoms with E-state index in [0.29, 0.717) is 21.8 Å². The number of nitrogen functional groups attached to an aromatic ring is 1. The lowest BCUT2D eigenvalue weighted by molar-refractivity contribution is -0.123. The molecule has 5 aromatic rings. The van der Waals surface area contributed by atoms with Crippen molar-refractivity contribution in [2.24, 2.45) is 13.0 Å². The Kier molecular flexibility index (Phi) is 8.41. The molecule has 0 saturated carbocycles. The third kappa shape index (κ3) is 6.06. The average molecular weight is 763 g/mol. The number of carbonyl (C=O) groups is 1. The molecule has 7 rings (SSSR count). The molecule has 0 fully saturated rings. The highest BCUT2D eigenvalue weighted by molar-refractivity contribution is 7.92. The number of hydrogen-bond acceptors (Lipinski definition) is 7. The number of nitrogens with one attached hydrogen (secondary N) is 2. The van der Waals surface area contributed by atoms with Gasteiger partial charge in [-0.1, -0.05) is 29.5 Å². The summed E-state index contributed by atoms with van der Waals surface area (Å²) < 4.78 is 116. The fourth-order valence-corrected chi connectivity index (χ4v) is 7.48. The Morgan fingerprint density at radius 1 is 1.08 bits per heavy atom. The number of amides is 1. The number of nitrogens with zero attached hydrogens (tertiary/aromatic N) is 5. The minimum atomic E-state index is -3.80. The predicted octanol–water partition coefficient (Wildman–Crippen LogP) is 5.58. The first kappa shape index (κ1) is 35.1. The van der Waals surface area contributed by atoms with Gasteiger partial charge in [-0.15, -0.1) is 0 Å². The Bertz CT molecular complexity index is 2470. The quantitative estimate of drug-likeness (QED) is 0.124. The molecule has 4 N–H and O–H groups in total. The predicted molar refractivity (Wildman–Crippen MR) is 178 cm³/mol. The summed E-state index contributed by atoms with van der Waals surface area (Å²) in [6, 6.07) is 5.95. The van der Waals surface area contributed by atoms with Gasteiger partial charge in [-0.05, 0) is 36.2 Å². The number of anilines is 2. The van der Waals surface area contributed by atoms with Crippen LogP contribution in [0.25, 0.3) is 22.0 Å². The van der Waals surface area contributed by atoms with Crippen molar-refractivity contribution < 1.29 is 39.6 Å². The Labute approximate surface area is 296 Å². The van der Waals surface area contributed by atoms with Gasteiger partial charge in [-0.2, -0.15) is 19.0 Å². The van der Waals surface area contributed by atoms with Crippen molar-refractivity contribution in [1.29, 1.82) is 0 Å². The molecule has 270 valence electrons. The number of nitrogens with two attached hydrogens (primary N) is 1. The zero-order valence-electron chi connectivity index (χ0n) is 26.9. The van der Waals surface area contributed by atoms with Crippen LogP contribution in [0.5, 0.6) is 0 Å². The summed E-state index contributed by atoms with van der Waals surface area (Å²) >= 11 is 6.51. The summed E-state index contributed by atoms with van der Waals surface area (Å²) in [5.74, 6) is -4.45. The molecule has 11 nitrogen and oxygen atoms in total. The van der Waals surface area contributed by atoms with Crippen LogP contribution >= 0.6 is 11.6 Å². The van der Waals surface area contributed by atoms with E-state index in [2.05, 4.69) is 37.1 Å². The number of fused-ring (bicyclic) bond motifs is 4. The van der Waals surface area contributed by atoms with Crippen LogP contribution in [0, 0.1) is 29.4 Å². The first-order valence-electron chi connectivity index (χ1n) is 15.3. The number of carbonyl (C=O) groups excluding carboxylic acids is 1. The molecule has 0 spiro atoms. The van der Waals surface area contributed by atoms with Crippen molar-refractivity contribution in [1.82, 2.24) is 29.9 Å². The van der Waals surface area contributed by atoms with Gasteiger partial charge in [-0.3, -0.25) is 23.9 Å². The van der Waals surface area contributed by atoms with Crippen LogP contribution in [0.15, 0.2) is 42.6 Å². The molecular weight excluding hydrogens is 738 g/mol. The third-order valence-corrected chi connectivity index (χ3v) is 9.62. The van der Waals surface area contributed by atoms with E-state index in [-0.39, 0.29) is 45.2 Å². The number of aromatic nitrogens is 5. The maximum Gasteiger partial charge on any atom is 0.304 e. The highest BCUT2D eigenvalue weighted by atomic mass is 35.5. The maximum atomic E-state index is 15.4. The standard InChI is InChI=1S/C33H25ClF6N8O3S/c1-47-29-18(4-6-22(34)26(29)32(45-47)46-52(2,50)51)20-11-17(41)12-42-27(20)23(9-14-7-15(35)10-16(36)8-14)43-24(49)13-48-30-25(28(44-48)31(37)38)19-3-5-21(19)33(30,39)40/h4,6-8,10-12,19,21,23,31H,9,13,41H2,1-2H3,(H,43,49)(H,45,46)/t19-,21+,23-/m0/s1. The number of aryl methyl sites for hydroxylation is 1. The fourth-order valence-electron chi connectivity index (χ4n) is 6.75. The van der Waals surface area contributed by atoms with Crippen molar-refractivity contribution >= 4 is 49.9 Å². The summed E-state index contributed by atoms with van der Waals surface area (Å²) in [4.78, 5) is 18.2. The molecule has 3 aromatic heterocycles. The van der Waals surface area contributed by atoms with E-state index < -0.39 is 81.3 Å². The number of sulfonamides is 1. The van der Waals surface area contributed by atoms with Crippen LogP contribution in [-0.4, -0.2) is 45.1 Å². The van der Waals surface area contributed by atoms with Gasteiger partial charge in [0.1, 0.15) is 35.5 Å². The summed E-state index contributed by atoms with van der Waals surface area (Å²) in [7, 11) is -2.28. The molecule has 0 radical (unpaired) electrons. The van der Waals surface area contributed by atoms with Crippen molar-refractivity contribution in [3.05, 3.63) is 87.5 Å². The number of rotatable bonds is 10. The van der Waals surface area contributed by atoms with Crippen LogP contribution in [0.1, 0.15) is 46.6 Å². The monoisotopic (exact) mass is 762 g/mol.